The van der Waals surface area contributed by atoms with Gasteiger partial charge >= 0.3 is 0 Å². The van der Waals surface area contributed by atoms with Crippen LogP contribution >= 0.6 is 0 Å². The van der Waals surface area contributed by atoms with Crippen molar-refractivity contribution in [3.8, 4) is 0 Å². The molecule has 2 saturated heterocycles. The quantitative estimate of drug-likeness (QED) is 0.859. The molecule has 2 fully saturated rings. The van der Waals surface area contributed by atoms with Gasteiger partial charge in [-0.15, -0.1) is 0 Å². The number of piperidine rings is 1. The predicted molar refractivity (Wildman–Crippen MR) is 98.3 cm³/mol. The van der Waals surface area contributed by atoms with Gasteiger partial charge in [-0.2, -0.15) is 0 Å². The van der Waals surface area contributed by atoms with Gasteiger partial charge in [-0.1, -0.05) is 13.8 Å². The normalized spacial score (nSPS) is 24.4. The molecule has 1 amide bonds. The van der Waals surface area contributed by atoms with Crippen molar-refractivity contribution in [1.29, 1.82) is 0 Å². The highest BCUT2D eigenvalue weighted by molar-refractivity contribution is 5.76. The van der Waals surface area contributed by atoms with E-state index in [0.29, 0.717) is 6.42 Å². The minimum Gasteiger partial charge on any atom is -0.339 e. The number of rotatable bonds is 4. The van der Waals surface area contributed by atoms with Crippen molar-refractivity contribution >= 4 is 11.9 Å². The highest BCUT2D eigenvalue weighted by Gasteiger charge is 2.33. The van der Waals surface area contributed by atoms with Crippen molar-refractivity contribution in [3.63, 3.8) is 0 Å². The molecule has 138 valence electrons. The first-order chi connectivity index (χ1) is 12.0. The van der Waals surface area contributed by atoms with E-state index in [2.05, 4.69) is 33.6 Å². The average Bonchev–Trinajstić information content (AvgIpc) is 2.63. The van der Waals surface area contributed by atoms with Crippen LogP contribution in [0.15, 0.2) is 18.5 Å². The van der Waals surface area contributed by atoms with E-state index in [1.807, 2.05) is 11.0 Å². The maximum atomic E-state index is 12.5. The Balaban J connectivity index is 1.43. The van der Waals surface area contributed by atoms with Crippen LogP contribution in [0.3, 0.4) is 0 Å². The van der Waals surface area contributed by atoms with Crippen molar-refractivity contribution in [2.75, 3.05) is 50.7 Å². The average molecular weight is 346 g/mol. The van der Waals surface area contributed by atoms with Gasteiger partial charge in [0.1, 0.15) is 0 Å². The Morgan fingerprint density at radius 2 is 1.88 bits per heavy atom. The maximum Gasteiger partial charge on any atom is 0.225 e. The van der Waals surface area contributed by atoms with E-state index in [1.54, 1.807) is 12.4 Å². The van der Waals surface area contributed by atoms with Crippen LogP contribution in [0.4, 0.5) is 5.95 Å². The lowest BCUT2D eigenvalue weighted by molar-refractivity contribution is -0.132. The van der Waals surface area contributed by atoms with Gasteiger partial charge in [0.2, 0.25) is 11.9 Å². The number of carbonyl (C=O) groups excluding carboxylic acids is 1. The molecule has 1 unspecified atom stereocenters. The lowest BCUT2D eigenvalue weighted by Crippen LogP contribution is -2.53. The van der Waals surface area contributed by atoms with Gasteiger partial charge in [-0.3, -0.25) is 4.79 Å². The number of anilines is 1. The number of hydrogen-bond acceptors (Lipinski definition) is 6. The predicted octanol–water partition coefficient (Wildman–Crippen LogP) is 0.575. The summed E-state index contributed by atoms with van der Waals surface area (Å²) in [7, 11) is 0. The number of nitrogens with zero attached hydrogens (tertiary/aromatic N) is 5. The molecule has 0 spiro atoms. The van der Waals surface area contributed by atoms with Crippen molar-refractivity contribution in [1.82, 2.24) is 19.8 Å². The SMILES string of the molecule is CC1(C)CN(CCC(=O)N2CCN(c3ncccn3)CC2)CCC1N. The molecule has 0 aromatic carbocycles. The Morgan fingerprint density at radius 1 is 1.20 bits per heavy atom. The summed E-state index contributed by atoms with van der Waals surface area (Å²) in [4.78, 5) is 27.6. The summed E-state index contributed by atoms with van der Waals surface area (Å²) in [5.74, 6) is 1.00. The van der Waals surface area contributed by atoms with E-state index in [4.69, 9.17) is 5.73 Å². The third kappa shape index (κ3) is 4.46. The van der Waals surface area contributed by atoms with Crippen LogP contribution in [-0.2, 0) is 4.79 Å². The molecule has 7 nitrogen and oxygen atoms in total. The number of likely N-dealkylation sites (tertiary alicyclic amines) is 1. The first-order valence-corrected chi connectivity index (χ1v) is 9.23. The monoisotopic (exact) mass is 346 g/mol. The first kappa shape index (κ1) is 18.1. The van der Waals surface area contributed by atoms with Gasteiger partial charge in [0, 0.05) is 64.1 Å². The number of aromatic nitrogens is 2. The number of nitrogens with two attached hydrogens (primary N) is 1. The maximum absolute atomic E-state index is 12.5. The van der Waals surface area contributed by atoms with Crippen LogP contribution < -0.4 is 10.6 Å². The molecule has 3 heterocycles. The summed E-state index contributed by atoms with van der Waals surface area (Å²) < 4.78 is 0. The summed E-state index contributed by atoms with van der Waals surface area (Å²) in [5, 5.41) is 0. The minimum atomic E-state index is 0.128. The summed E-state index contributed by atoms with van der Waals surface area (Å²) in [6.45, 7) is 10.3. The fourth-order valence-corrected chi connectivity index (χ4v) is 3.70. The van der Waals surface area contributed by atoms with Gasteiger partial charge < -0.3 is 20.4 Å². The summed E-state index contributed by atoms with van der Waals surface area (Å²) >= 11 is 0. The number of amides is 1. The third-order valence-electron chi connectivity index (χ3n) is 5.50. The van der Waals surface area contributed by atoms with Gasteiger partial charge in [0.05, 0.1) is 0 Å². The Morgan fingerprint density at radius 3 is 2.52 bits per heavy atom. The standard InChI is InChI=1S/C18H30N6O/c1-18(2)14-22(8-4-15(18)19)9-5-16(25)23-10-12-24(13-11-23)17-20-6-3-7-21-17/h3,6-7,15H,4-5,8-14,19H2,1-2H3. The molecule has 2 N–H and O–H groups in total. The highest BCUT2D eigenvalue weighted by Crippen LogP contribution is 2.27. The van der Waals surface area contributed by atoms with Gasteiger partial charge in [0.15, 0.2) is 0 Å². The molecule has 3 rings (SSSR count). The molecular weight excluding hydrogens is 316 g/mol. The van der Waals surface area contributed by atoms with E-state index in [-0.39, 0.29) is 17.4 Å². The van der Waals surface area contributed by atoms with E-state index >= 15 is 0 Å². The van der Waals surface area contributed by atoms with Gasteiger partial charge in [0.25, 0.3) is 0 Å². The van der Waals surface area contributed by atoms with Crippen LogP contribution in [0.2, 0.25) is 0 Å². The molecule has 0 aliphatic carbocycles. The van der Waals surface area contributed by atoms with Gasteiger partial charge in [-0.05, 0) is 24.4 Å². The smallest absolute Gasteiger partial charge is 0.225 e. The number of carbonyl (C=O) groups is 1. The second-order valence-electron chi connectivity index (χ2n) is 7.83. The highest BCUT2D eigenvalue weighted by atomic mass is 16.2. The molecule has 0 saturated carbocycles. The molecule has 7 heteroatoms. The van der Waals surface area contributed by atoms with E-state index in [0.717, 1.165) is 58.2 Å². The van der Waals surface area contributed by atoms with Crippen LogP contribution in [0.25, 0.3) is 0 Å². The lowest BCUT2D eigenvalue weighted by atomic mass is 9.79. The van der Waals surface area contributed by atoms with Crippen LogP contribution in [0.1, 0.15) is 26.7 Å². The fraction of sp³-hybridized carbons (Fsp3) is 0.722. The Labute approximate surface area is 150 Å². The minimum absolute atomic E-state index is 0.128. The number of hydrogen-bond donors (Lipinski definition) is 1. The van der Waals surface area contributed by atoms with Crippen molar-refractivity contribution in [2.24, 2.45) is 11.1 Å². The van der Waals surface area contributed by atoms with Gasteiger partial charge in [-0.25, -0.2) is 9.97 Å². The van der Waals surface area contributed by atoms with E-state index in [9.17, 15) is 4.79 Å². The molecule has 2 aliphatic heterocycles. The lowest BCUT2D eigenvalue weighted by Gasteiger charge is -2.43. The summed E-state index contributed by atoms with van der Waals surface area (Å²) in [6.07, 6.45) is 5.11. The molecule has 1 aromatic rings. The van der Waals surface area contributed by atoms with Crippen LogP contribution in [0, 0.1) is 5.41 Å². The molecular formula is C18H30N6O. The van der Waals surface area contributed by atoms with Crippen molar-refractivity contribution in [3.05, 3.63) is 18.5 Å². The molecule has 25 heavy (non-hydrogen) atoms. The molecule has 1 atom stereocenters. The Hall–Kier alpha value is -1.73. The zero-order valence-electron chi connectivity index (χ0n) is 15.4. The van der Waals surface area contributed by atoms with E-state index < -0.39 is 0 Å². The number of piperazine rings is 1. The van der Waals surface area contributed by atoms with Crippen LogP contribution in [-0.4, -0.2) is 77.5 Å². The summed E-state index contributed by atoms with van der Waals surface area (Å²) in [6, 6.07) is 2.07. The second-order valence-corrected chi connectivity index (χ2v) is 7.83. The van der Waals surface area contributed by atoms with Crippen molar-refractivity contribution in [2.45, 2.75) is 32.7 Å². The largest absolute Gasteiger partial charge is 0.339 e. The first-order valence-electron chi connectivity index (χ1n) is 9.23. The zero-order valence-corrected chi connectivity index (χ0v) is 15.4. The molecule has 1 aromatic heterocycles. The Kier molecular flexibility index (Phi) is 5.54. The zero-order chi connectivity index (χ0) is 17.9. The van der Waals surface area contributed by atoms with Crippen LogP contribution in [0.5, 0.6) is 0 Å². The molecule has 2 aliphatic rings. The van der Waals surface area contributed by atoms with Crippen molar-refractivity contribution < 1.29 is 4.79 Å². The molecule has 0 radical (unpaired) electrons. The molecule has 0 bridgehead atoms. The third-order valence-corrected chi connectivity index (χ3v) is 5.50. The summed E-state index contributed by atoms with van der Waals surface area (Å²) in [5.41, 5.74) is 6.32. The Bertz CT molecular complexity index is 570. The fourth-order valence-electron chi connectivity index (χ4n) is 3.70. The topological polar surface area (TPSA) is 78.6 Å². The second kappa shape index (κ2) is 7.66. The van der Waals surface area contributed by atoms with E-state index in [1.165, 1.54) is 0 Å².